The molecule has 0 aliphatic carbocycles. The fourth-order valence-electron chi connectivity index (χ4n) is 1.68. The van der Waals surface area contributed by atoms with Crippen molar-refractivity contribution in [1.82, 2.24) is 9.71 Å². The molecule has 0 saturated carbocycles. The van der Waals surface area contributed by atoms with Gasteiger partial charge in [-0.05, 0) is 30.0 Å². The molecule has 1 unspecified atom stereocenters. The van der Waals surface area contributed by atoms with Crippen molar-refractivity contribution in [2.24, 2.45) is 0 Å². The highest BCUT2D eigenvalue weighted by molar-refractivity contribution is 7.97. The van der Waals surface area contributed by atoms with E-state index in [0.717, 1.165) is 17.5 Å². The molecule has 2 aromatic rings. The van der Waals surface area contributed by atoms with Crippen LogP contribution in [0.2, 0.25) is 0 Å². The predicted octanol–water partition coefficient (Wildman–Crippen LogP) is 2.31. The third-order valence-corrected chi connectivity index (χ3v) is 3.58. The summed E-state index contributed by atoms with van der Waals surface area (Å²) in [5, 5.41) is 11.1. The van der Waals surface area contributed by atoms with E-state index >= 15 is 0 Å². The topological polar surface area (TPSA) is 85.1 Å². The van der Waals surface area contributed by atoms with Gasteiger partial charge in [0.05, 0.1) is 11.0 Å². The first-order chi connectivity index (χ1) is 10.2. The Kier molecular flexibility index (Phi) is 5.42. The Balaban J connectivity index is 2.01. The lowest BCUT2D eigenvalue weighted by Crippen LogP contribution is -2.27. The lowest BCUT2D eigenvalue weighted by molar-refractivity contribution is -0.388. The molecule has 1 atom stereocenters. The summed E-state index contributed by atoms with van der Waals surface area (Å²) in [6, 6.07) is 11.8. The zero-order chi connectivity index (χ0) is 15.1. The molecule has 0 saturated heterocycles. The fraction of sp³-hybridized carbons (Fsp3) is 0.143. The van der Waals surface area contributed by atoms with Gasteiger partial charge in [0, 0.05) is 12.3 Å². The van der Waals surface area contributed by atoms with E-state index in [1.54, 1.807) is 0 Å². The number of aromatic nitrogens is 1. The molecule has 0 fully saturated rings. The van der Waals surface area contributed by atoms with Crippen molar-refractivity contribution < 1.29 is 9.72 Å². The molecule has 0 aliphatic heterocycles. The number of nitrogens with one attached hydrogen (secondary N) is 1. The van der Waals surface area contributed by atoms with Gasteiger partial charge in [-0.2, -0.15) is 0 Å². The largest absolute Gasteiger partial charge is 0.302 e. The lowest BCUT2D eigenvalue weighted by Gasteiger charge is -2.10. The summed E-state index contributed by atoms with van der Waals surface area (Å²) in [6.07, 6.45) is 3.81. The molecule has 1 aromatic heterocycles. The third kappa shape index (κ3) is 4.37. The predicted molar refractivity (Wildman–Crippen MR) is 79.5 cm³/mol. The van der Waals surface area contributed by atoms with E-state index in [1.807, 2.05) is 36.6 Å². The Labute approximate surface area is 125 Å². The second-order valence-corrected chi connectivity index (χ2v) is 4.99. The van der Waals surface area contributed by atoms with E-state index in [2.05, 4.69) is 9.71 Å². The van der Waals surface area contributed by atoms with Crippen LogP contribution in [0.3, 0.4) is 0 Å². The van der Waals surface area contributed by atoms with E-state index < -0.39 is 11.0 Å². The maximum absolute atomic E-state index is 11.0. The first-order valence-electron chi connectivity index (χ1n) is 6.14. The number of hydrogen-bond acceptors (Lipinski definition) is 6. The quantitative estimate of drug-likeness (QED) is 0.480. The summed E-state index contributed by atoms with van der Waals surface area (Å²) in [4.78, 5) is 25.3. The molecule has 2 rings (SSSR count). The van der Waals surface area contributed by atoms with Gasteiger partial charge in [-0.25, -0.2) is 9.71 Å². The molecule has 1 radical (unpaired) electrons. The molecule has 107 valence electrons. The summed E-state index contributed by atoms with van der Waals surface area (Å²) < 4.78 is 2.86. The van der Waals surface area contributed by atoms with E-state index in [-0.39, 0.29) is 10.7 Å². The standard InChI is InChI=1S/C14H12N3O3S/c18-10-12(9-11-5-2-1-3-6-11)16-21-14-13(17(19)20)7-4-8-15-14/h1-8,12,16H,9H2. The molecule has 7 heteroatoms. The third-order valence-electron chi connectivity index (χ3n) is 2.67. The van der Waals surface area contributed by atoms with Gasteiger partial charge in [0.1, 0.15) is 0 Å². The van der Waals surface area contributed by atoms with Crippen molar-refractivity contribution in [1.29, 1.82) is 0 Å². The Morgan fingerprint density at radius 2 is 2.05 bits per heavy atom. The molecular weight excluding hydrogens is 290 g/mol. The van der Waals surface area contributed by atoms with Crippen LogP contribution in [0.4, 0.5) is 5.69 Å². The molecule has 1 aromatic carbocycles. The van der Waals surface area contributed by atoms with Crippen LogP contribution in [0.5, 0.6) is 0 Å². The average Bonchev–Trinajstić information content (AvgIpc) is 2.52. The smallest absolute Gasteiger partial charge is 0.289 e. The highest BCUT2D eigenvalue weighted by atomic mass is 32.2. The van der Waals surface area contributed by atoms with Crippen molar-refractivity contribution in [2.75, 3.05) is 0 Å². The van der Waals surface area contributed by atoms with Crippen LogP contribution in [0.25, 0.3) is 0 Å². The van der Waals surface area contributed by atoms with Crippen LogP contribution in [-0.2, 0) is 11.2 Å². The van der Waals surface area contributed by atoms with Crippen LogP contribution < -0.4 is 4.72 Å². The Hall–Kier alpha value is -2.25. The van der Waals surface area contributed by atoms with E-state index in [1.165, 1.54) is 18.3 Å². The van der Waals surface area contributed by atoms with Gasteiger partial charge in [0.15, 0.2) is 5.03 Å². The van der Waals surface area contributed by atoms with Crippen LogP contribution >= 0.6 is 11.9 Å². The second-order valence-electron chi connectivity index (χ2n) is 4.16. The summed E-state index contributed by atoms with van der Waals surface area (Å²) in [5.74, 6) is 0. The molecule has 0 aliphatic rings. The molecule has 0 bridgehead atoms. The molecule has 21 heavy (non-hydrogen) atoms. The van der Waals surface area contributed by atoms with Crippen LogP contribution in [0, 0.1) is 10.1 Å². The Morgan fingerprint density at radius 1 is 1.29 bits per heavy atom. The summed E-state index contributed by atoms with van der Waals surface area (Å²) >= 11 is 0.962. The molecule has 0 spiro atoms. The number of pyridine rings is 1. The zero-order valence-corrected chi connectivity index (χ0v) is 11.7. The van der Waals surface area contributed by atoms with Gasteiger partial charge in [-0.3, -0.25) is 14.9 Å². The number of rotatable bonds is 7. The van der Waals surface area contributed by atoms with E-state index in [9.17, 15) is 14.9 Å². The normalized spacial score (nSPS) is 11.8. The van der Waals surface area contributed by atoms with E-state index in [4.69, 9.17) is 0 Å². The zero-order valence-electron chi connectivity index (χ0n) is 10.9. The molecule has 1 heterocycles. The maximum atomic E-state index is 11.0. The van der Waals surface area contributed by atoms with E-state index in [0.29, 0.717) is 6.42 Å². The Morgan fingerprint density at radius 3 is 2.71 bits per heavy atom. The maximum Gasteiger partial charge on any atom is 0.302 e. The molecule has 1 N–H and O–H groups in total. The van der Waals surface area contributed by atoms with Gasteiger partial charge in [-0.15, -0.1) is 0 Å². The summed E-state index contributed by atoms with van der Waals surface area (Å²) in [5.41, 5.74) is 0.883. The van der Waals surface area contributed by atoms with Crippen molar-refractivity contribution >= 4 is 23.9 Å². The minimum atomic E-state index is -0.570. The van der Waals surface area contributed by atoms with Gasteiger partial charge >= 0.3 is 5.69 Å². The monoisotopic (exact) mass is 302 g/mol. The number of carbonyl (C=O) groups excluding carboxylic acids is 1. The Bertz CT molecular complexity index is 622. The fourth-order valence-corrected chi connectivity index (χ4v) is 2.43. The molecule has 0 amide bonds. The number of nitrogens with zero attached hydrogens (tertiary/aromatic N) is 2. The average molecular weight is 302 g/mol. The van der Waals surface area contributed by atoms with Crippen molar-refractivity contribution in [3.8, 4) is 0 Å². The second kappa shape index (κ2) is 7.51. The SMILES string of the molecule is O=[C]C(Cc1ccccc1)NSc1ncccc1[N+](=O)[O-]. The van der Waals surface area contributed by atoms with Gasteiger partial charge in [0.2, 0.25) is 6.29 Å². The van der Waals surface area contributed by atoms with Crippen molar-refractivity contribution in [3.05, 3.63) is 64.3 Å². The van der Waals surface area contributed by atoms with Gasteiger partial charge in [0.25, 0.3) is 0 Å². The van der Waals surface area contributed by atoms with Crippen molar-refractivity contribution in [3.63, 3.8) is 0 Å². The number of hydrogen-bond donors (Lipinski definition) is 1. The van der Waals surface area contributed by atoms with Crippen LogP contribution in [0.1, 0.15) is 5.56 Å². The van der Waals surface area contributed by atoms with Gasteiger partial charge in [-0.1, -0.05) is 30.3 Å². The minimum absolute atomic E-state index is 0.0978. The minimum Gasteiger partial charge on any atom is -0.289 e. The summed E-state index contributed by atoms with van der Waals surface area (Å²) in [7, 11) is 0. The number of benzene rings is 1. The number of nitro groups is 1. The summed E-state index contributed by atoms with van der Waals surface area (Å²) in [6.45, 7) is 0. The molecule has 6 nitrogen and oxygen atoms in total. The first-order valence-corrected chi connectivity index (χ1v) is 6.95. The molecular formula is C14H12N3O3S. The van der Waals surface area contributed by atoms with Crippen LogP contribution in [-0.4, -0.2) is 22.2 Å². The van der Waals surface area contributed by atoms with Crippen molar-refractivity contribution in [2.45, 2.75) is 17.5 Å². The highest BCUT2D eigenvalue weighted by Crippen LogP contribution is 2.24. The highest BCUT2D eigenvalue weighted by Gasteiger charge is 2.17. The van der Waals surface area contributed by atoms with Gasteiger partial charge < -0.3 is 0 Å². The first kappa shape index (κ1) is 15.1. The van der Waals surface area contributed by atoms with Crippen LogP contribution in [0.15, 0.2) is 53.7 Å². The lowest BCUT2D eigenvalue weighted by atomic mass is 10.1.